The predicted molar refractivity (Wildman–Crippen MR) is 87.0 cm³/mol. The molecule has 1 saturated carbocycles. The smallest absolute Gasteiger partial charge is 0.312 e. The number of carbonyl (C=O) groups excluding carboxylic acids is 2. The van der Waals surface area contributed by atoms with Gasteiger partial charge in [0.1, 0.15) is 0 Å². The standard InChI is InChI=1S/C18H30O6/c1-5-12(10-15-11(2)22-15)16(20)23-18(3,4)24-17(21)13-7-6-8-14(19)9-13/h11-15,19H,5-10H2,1-4H3. The first-order valence-electron chi connectivity index (χ1n) is 9.01. The van der Waals surface area contributed by atoms with Crippen molar-refractivity contribution < 1.29 is 28.9 Å². The van der Waals surface area contributed by atoms with E-state index in [0.29, 0.717) is 25.7 Å². The van der Waals surface area contributed by atoms with Crippen LogP contribution < -0.4 is 0 Å². The van der Waals surface area contributed by atoms with Crippen LogP contribution in [-0.2, 0) is 23.8 Å². The maximum atomic E-state index is 12.4. The van der Waals surface area contributed by atoms with Gasteiger partial charge in [0.25, 0.3) is 5.79 Å². The summed E-state index contributed by atoms with van der Waals surface area (Å²) in [7, 11) is 0. The van der Waals surface area contributed by atoms with Crippen LogP contribution >= 0.6 is 0 Å². The average Bonchev–Trinajstić information content (AvgIpc) is 3.18. The van der Waals surface area contributed by atoms with Crippen LogP contribution in [0.1, 0.15) is 66.2 Å². The second kappa shape index (κ2) is 7.83. The second-order valence-corrected chi connectivity index (χ2v) is 7.48. The Kier molecular flexibility index (Phi) is 6.26. The molecule has 0 bridgehead atoms. The average molecular weight is 342 g/mol. The van der Waals surface area contributed by atoms with Gasteiger partial charge in [-0.05, 0) is 39.0 Å². The molecule has 2 aliphatic rings. The van der Waals surface area contributed by atoms with Crippen molar-refractivity contribution in [2.75, 3.05) is 0 Å². The van der Waals surface area contributed by atoms with Crippen LogP contribution in [0.3, 0.4) is 0 Å². The third-order valence-corrected chi connectivity index (χ3v) is 4.85. The van der Waals surface area contributed by atoms with Crippen molar-refractivity contribution >= 4 is 11.9 Å². The minimum atomic E-state index is -1.31. The van der Waals surface area contributed by atoms with Gasteiger partial charge in [-0.2, -0.15) is 0 Å². The largest absolute Gasteiger partial charge is 0.423 e. The normalized spacial score (nSPS) is 31.2. The van der Waals surface area contributed by atoms with E-state index in [1.165, 1.54) is 0 Å². The fraction of sp³-hybridized carbons (Fsp3) is 0.889. The molecule has 1 N–H and O–H groups in total. The number of rotatable bonds is 7. The first kappa shape index (κ1) is 19.2. The molecule has 2 rings (SSSR count). The summed E-state index contributed by atoms with van der Waals surface area (Å²) >= 11 is 0. The van der Waals surface area contributed by atoms with E-state index in [1.54, 1.807) is 13.8 Å². The van der Waals surface area contributed by atoms with E-state index in [9.17, 15) is 14.7 Å². The molecule has 6 nitrogen and oxygen atoms in total. The monoisotopic (exact) mass is 342 g/mol. The Morgan fingerprint density at radius 1 is 1.29 bits per heavy atom. The summed E-state index contributed by atoms with van der Waals surface area (Å²) in [5.41, 5.74) is 0. The number of hydrogen-bond acceptors (Lipinski definition) is 6. The highest BCUT2D eigenvalue weighted by molar-refractivity contribution is 5.75. The van der Waals surface area contributed by atoms with Gasteiger partial charge in [-0.3, -0.25) is 9.59 Å². The number of esters is 2. The van der Waals surface area contributed by atoms with E-state index < -0.39 is 17.9 Å². The minimum absolute atomic E-state index is 0.122. The van der Waals surface area contributed by atoms with Crippen molar-refractivity contribution in [1.82, 2.24) is 0 Å². The molecule has 1 saturated heterocycles. The predicted octanol–water partition coefficient (Wildman–Crippen LogP) is 2.56. The summed E-state index contributed by atoms with van der Waals surface area (Å²) in [6.07, 6.45) is 3.81. The Morgan fingerprint density at radius 2 is 1.96 bits per heavy atom. The van der Waals surface area contributed by atoms with Crippen LogP contribution in [0.25, 0.3) is 0 Å². The van der Waals surface area contributed by atoms with E-state index >= 15 is 0 Å². The van der Waals surface area contributed by atoms with Crippen molar-refractivity contribution in [1.29, 1.82) is 0 Å². The molecule has 1 aliphatic heterocycles. The molecule has 2 fully saturated rings. The molecular formula is C18H30O6. The Balaban J connectivity index is 1.84. The van der Waals surface area contributed by atoms with E-state index in [4.69, 9.17) is 14.2 Å². The fourth-order valence-electron chi connectivity index (χ4n) is 3.24. The molecule has 0 spiro atoms. The number of aliphatic hydroxyl groups is 1. The number of aliphatic hydroxyl groups excluding tert-OH is 1. The van der Waals surface area contributed by atoms with Crippen molar-refractivity contribution in [2.45, 2.75) is 90.3 Å². The molecule has 1 heterocycles. The number of epoxide rings is 1. The summed E-state index contributed by atoms with van der Waals surface area (Å²) in [5, 5.41) is 9.68. The maximum Gasteiger partial charge on any atom is 0.312 e. The molecule has 0 amide bonds. The van der Waals surface area contributed by atoms with Crippen LogP contribution in [-0.4, -0.2) is 41.1 Å². The second-order valence-electron chi connectivity index (χ2n) is 7.48. The zero-order valence-corrected chi connectivity index (χ0v) is 15.1. The molecule has 24 heavy (non-hydrogen) atoms. The first-order valence-corrected chi connectivity index (χ1v) is 9.01. The van der Waals surface area contributed by atoms with Crippen LogP contribution in [0.2, 0.25) is 0 Å². The van der Waals surface area contributed by atoms with Crippen LogP contribution in [0, 0.1) is 11.8 Å². The Labute approximate surface area is 143 Å². The van der Waals surface area contributed by atoms with Crippen molar-refractivity contribution in [3.8, 4) is 0 Å². The SMILES string of the molecule is CCC(CC1OC1C)C(=O)OC(C)(C)OC(=O)C1CCCC(O)C1. The van der Waals surface area contributed by atoms with Crippen molar-refractivity contribution in [3.63, 3.8) is 0 Å². The highest BCUT2D eigenvalue weighted by atomic mass is 16.7. The number of carbonyl (C=O) groups is 2. The van der Waals surface area contributed by atoms with Crippen LogP contribution in [0.15, 0.2) is 0 Å². The molecular weight excluding hydrogens is 312 g/mol. The first-order chi connectivity index (χ1) is 11.2. The number of hydrogen-bond donors (Lipinski definition) is 1. The lowest BCUT2D eigenvalue weighted by atomic mass is 9.87. The third-order valence-electron chi connectivity index (χ3n) is 4.85. The molecule has 1 aliphatic carbocycles. The van der Waals surface area contributed by atoms with Gasteiger partial charge < -0.3 is 19.3 Å². The van der Waals surface area contributed by atoms with Gasteiger partial charge in [-0.25, -0.2) is 0 Å². The molecule has 5 unspecified atom stereocenters. The highest BCUT2D eigenvalue weighted by Gasteiger charge is 2.40. The number of ether oxygens (including phenoxy) is 3. The minimum Gasteiger partial charge on any atom is -0.423 e. The van der Waals surface area contributed by atoms with Crippen molar-refractivity contribution in [3.05, 3.63) is 0 Å². The molecule has 138 valence electrons. The highest BCUT2D eigenvalue weighted by Crippen LogP contribution is 2.31. The zero-order chi connectivity index (χ0) is 17.9. The lowest BCUT2D eigenvalue weighted by molar-refractivity contribution is -0.223. The van der Waals surface area contributed by atoms with Crippen LogP contribution in [0.4, 0.5) is 0 Å². The molecule has 5 atom stereocenters. The van der Waals surface area contributed by atoms with E-state index in [2.05, 4.69) is 0 Å². The third kappa shape index (κ3) is 5.45. The van der Waals surface area contributed by atoms with Gasteiger partial charge >= 0.3 is 11.9 Å². The Hall–Kier alpha value is -1.14. The molecule has 0 aromatic heterocycles. The summed E-state index contributed by atoms with van der Waals surface area (Å²) in [5.74, 6) is -2.65. The van der Waals surface area contributed by atoms with Gasteiger partial charge in [0.05, 0.1) is 30.1 Å². The van der Waals surface area contributed by atoms with E-state index in [1.807, 2.05) is 13.8 Å². The Bertz CT molecular complexity index is 460. The topological polar surface area (TPSA) is 85.4 Å². The molecule has 0 radical (unpaired) electrons. The quantitative estimate of drug-likeness (QED) is 0.435. The van der Waals surface area contributed by atoms with Gasteiger partial charge in [0, 0.05) is 13.8 Å². The van der Waals surface area contributed by atoms with Gasteiger partial charge in [-0.1, -0.05) is 13.3 Å². The zero-order valence-electron chi connectivity index (χ0n) is 15.1. The van der Waals surface area contributed by atoms with Gasteiger partial charge in [0.2, 0.25) is 0 Å². The van der Waals surface area contributed by atoms with Crippen LogP contribution in [0.5, 0.6) is 0 Å². The molecule has 0 aromatic carbocycles. The Morgan fingerprint density at radius 3 is 2.50 bits per heavy atom. The summed E-state index contributed by atoms with van der Waals surface area (Å²) in [6, 6.07) is 0. The molecule has 0 aromatic rings. The maximum absolute atomic E-state index is 12.4. The van der Waals surface area contributed by atoms with E-state index in [0.717, 1.165) is 12.8 Å². The summed E-state index contributed by atoms with van der Waals surface area (Å²) < 4.78 is 16.2. The fourth-order valence-corrected chi connectivity index (χ4v) is 3.24. The molecule has 6 heteroatoms. The van der Waals surface area contributed by atoms with Gasteiger partial charge in [0.15, 0.2) is 0 Å². The lowest BCUT2D eigenvalue weighted by Crippen LogP contribution is -2.39. The summed E-state index contributed by atoms with van der Waals surface area (Å²) in [6.45, 7) is 7.06. The van der Waals surface area contributed by atoms with Gasteiger partial charge in [-0.15, -0.1) is 0 Å². The van der Waals surface area contributed by atoms with Crippen molar-refractivity contribution in [2.24, 2.45) is 11.8 Å². The summed E-state index contributed by atoms with van der Waals surface area (Å²) in [4.78, 5) is 24.6. The van der Waals surface area contributed by atoms with E-state index in [-0.39, 0.29) is 30.0 Å². The lowest BCUT2D eigenvalue weighted by Gasteiger charge is -2.30.